The van der Waals surface area contributed by atoms with Crippen molar-refractivity contribution in [3.05, 3.63) is 45.1 Å². The smallest absolute Gasteiger partial charge is 0.142 e. The second-order valence-electron chi connectivity index (χ2n) is 4.87. The van der Waals surface area contributed by atoms with Crippen LogP contribution < -0.4 is 9.64 Å². The van der Waals surface area contributed by atoms with Gasteiger partial charge < -0.3 is 14.7 Å². The molecule has 22 heavy (non-hydrogen) atoms. The van der Waals surface area contributed by atoms with Crippen molar-refractivity contribution in [2.75, 3.05) is 18.6 Å². The Balaban J connectivity index is 2.01. The number of aryl methyl sites for hydroxylation is 1. The summed E-state index contributed by atoms with van der Waals surface area (Å²) in [5.41, 5.74) is 1.97. The van der Waals surface area contributed by atoms with Gasteiger partial charge in [-0.15, -0.1) is 11.3 Å². The molecule has 0 bridgehead atoms. The molecule has 1 aromatic heterocycles. The molecule has 0 saturated carbocycles. The Morgan fingerprint density at radius 3 is 2.86 bits per heavy atom. The molecule has 0 fully saturated rings. The minimum atomic E-state index is 0.126. The summed E-state index contributed by atoms with van der Waals surface area (Å²) < 4.78 is 5.33. The number of nitrogens with zero attached hydrogens (tertiary/aromatic N) is 2. The zero-order valence-electron chi connectivity index (χ0n) is 12.1. The molecule has 1 aliphatic heterocycles. The minimum Gasteiger partial charge on any atom is -0.510 e. The summed E-state index contributed by atoms with van der Waals surface area (Å²) >= 11 is 7.46. The Morgan fingerprint density at radius 1 is 1.45 bits per heavy atom. The van der Waals surface area contributed by atoms with E-state index in [1.54, 1.807) is 30.2 Å². The SMILES string of the molecule is COc1ccc(Cl)cc1N1CC(O)=C(c2nc(C)cs2)C1=N. The van der Waals surface area contributed by atoms with E-state index in [4.69, 9.17) is 21.7 Å². The van der Waals surface area contributed by atoms with Gasteiger partial charge in [-0.25, -0.2) is 4.98 Å². The summed E-state index contributed by atoms with van der Waals surface area (Å²) in [6, 6.07) is 5.19. The number of amidine groups is 1. The zero-order chi connectivity index (χ0) is 15.9. The second-order valence-corrected chi connectivity index (χ2v) is 6.16. The van der Waals surface area contributed by atoms with Crippen LogP contribution in [0.3, 0.4) is 0 Å². The topological polar surface area (TPSA) is 69.4 Å². The van der Waals surface area contributed by atoms with Crippen molar-refractivity contribution >= 4 is 40.0 Å². The monoisotopic (exact) mass is 335 g/mol. The molecule has 0 atom stereocenters. The maximum absolute atomic E-state index is 10.3. The molecule has 0 aliphatic carbocycles. The Labute approximate surface area is 136 Å². The molecule has 0 saturated heterocycles. The lowest BCUT2D eigenvalue weighted by molar-refractivity contribution is 0.407. The molecule has 2 heterocycles. The van der Waals surface area contributed by atoms with Crippen LogP contribution in [0.2, 0.25) is 5.02 Å². The highest BCUT2D eigenvalue weighted by Crippen LogP contribution is 2.38. The van der Waals surface area contributed by atoms with Gasteiger partial charge in [0.05, 0.1) is 24.9 Å². The van der Waals surface area contributed by atoms with Crippen molar-refractivity contribution in [3.63, 3.8) is 0 Å². The van der Waals surface area contributed by atoms with Crippen LogP contribution in [0.15, 0.2) is 29.3 Å². The Bertz CT molecular complexity index is 785. The standard InChI is InChI=1S/C15H14ClN3O2S/c1-8-7-22-15(18-8)13-11(20)6-19(14(13)17)10-5-9(16)3-4-12(10)21-2/h3-5,7,17,20H,6H2,1-2H3. The van der Waals surface area contributed by atoms with Crippen LogP contribution in [-0.4, -0.2) is 29.6 Å². The number of aliphatic hydroxyl groups is 1. The number of halogens is 1. The highest BCUT2D eigenvalue weighted by atomic mass is 35.5. The first kappa shape index (κ1) is 14.9. The first-order valence-corrected chi connectivity index (χ1v) is 7.81. The van der Waals surface area contributed by atoms with Gasteiger partial charge in [-0.05, 0) is 25.1 Å². The van der Waals surface area contributed by atoms with Crippen LogP contribution in [0, 0.1) is 12.3 Å². The predicted molar refractivity (Wildman–Crippen MR) is 89.5 cm³/mol. The first-order chi connectivity index (χ1) is 10.5. The Hall–Kier alpha value is -2.05. The van der Waals surface area contributed by atoms with Crippen molar-refractivity contribution in [3.8, 4) is 5.75 Å². The van der Waals surface area contributed by atoms with Gasteiger partial charge in [0.25, 0.3) is 0 Å². The predicted octanol–water partition coefficient (Wildman–Crippen LogP) is 3.88. The average Bonchev–Trinajstić information content (AvgIpc) is 3.02. The Kier molecular flexibility index (Phi) is 3.80. The van der Waals surface area contributed by atoms with E-state index >= 15 is 0 Å². The largest absolute Gasteiger partial charge is 0.510 e. The molecule has 1 aliphatic rings. The molecule has 3 rings (SSSR count). The maximum atomic E-state index is 10.3. The fraction of sp³-hybridized carbons (Fsp3) is 0.200. The molecular weight excluding hydrogens is 322 g/mol. The highest BCUT2D eigenvalue weighted by molar-refractivity contribution is 7.11. The molecule has 5 nitrogen and oxygen atoms in total. The summed E-state index contributed by atoms with van der Waals surface area (Å²) in [4.78, 5) is 6.02. The quantitative estimate of drug-likeness (QED) is 0.893. The van der Waals surface area contributed by atoms with Crippen LogP contribution in [0.5, 0.6) is 5.75 Å². The molecule has 7 heteroatoms. The molecule has 0 unspecified atom stereocenters. The van der Waals surface area contributed by atoms with Crippen LogP contribution in [0.4, 0.5) is 5.69 Å². The molecule has 0 radical (unpaired) electrons. The lowest BCUT2D eigenvalue weighted by Gasteiger charge is -2.21. The van der Waals surface area contributed by atoms with E-state index in [2.05, 4.69) is 4.98 Å². The van der Waals surface area contributed by atoms with E-state index in [0.717, 1.165) is 5.69 Å². The molecule has 1 aromatic carbocycles. The van der Waals surface area contributed by atoms with Gasteiger partial charge in [-0.3, -0.25) is 5.41 Å². The summed E-state index contributed by atoms with van der Waals surface area (Å²) in [6.45, 7) is 2.08. The number of benzene rings is 1. The van der Waals surface area contributed by atoms with Crippen LogP contribution >= 0.6 is 22.9 Å². The number of rotatable bonds is 3. The molecule has 114 valence electrons. The van der Waals surface area contributed by atoms with E-state index < -0.39 is 0 Å². The van der Waals surface area contributed by atoms with Gasteiger partial charge in [0.2, 0.25) is 0 Å². The lowest BCUT2D eigenvalue weighted by atomic mass is 10.2. The van der Waals surface area contributed by atoms with Crippen LogP contribution in [0.25, 0.3) is 5.57 Å². The van der Waals surface area contributed by atoms with Crippen molar-refractivity contribution in [1.82, 2.24) is 4.98 Å². The molecule has 0 amide bonds. The van der Waals surface area contributed by atoms with E-state index in [9.17, 15) is 5.11 Å². The summed E-state index contributed by atoms with van der Waals surface area (Å²) in [5.74, 6) is 0.910. The third-order valence-electron chi connectivity index (χ3n) is 3.37. The van der Waals surface area contributed by atoms with Crippen molar-refractivity contribution in [1.29, 1.82) is 5.41 Å². The second kappa shape index (κ2) is 5.62. The molecule has 2 N–H and O–H groups in total. The van der Waals surface area contributed by atoms with E-state index in [0.29, 0.717) is 27.0 Å². The first-order valence-electron chi connectivity index (χ1n) is 6.56. The zero-order valence-corrected chi connectivity index (χ0v) is 13.6. The minimum absolute atomic E-state index is 0.126. The summed E-state index contributed by atoms with van der Waals surface area (Å²) in [7, 11) is 1.56. The average molecular weight is 336 g/mol. The number of ether oxygens (including phenoxy) is 1. The van der Waals surface area contributed by atoms with Gasteiger partial charge in [-0.1, -0.05) is 11.6 Å². The normalized spacial score (nSPS) is 14.9. The Morgan fingerprint density at radius 2 is 2.23 bits per heavy atom. The van der Waals surface area contributed by atoms with Crippen molar-refractivity contribution in [2.24, 2.45) is 0 Å². The fourth-order valence-electron chi connectivity index (χ4n) is 2.35. The van der Waals surface area contributed by atoms with E-state index in [1.165, 1.54) is 11.3 Å². The summed E-state index contributed by atoms with van der Waals surface area (Å²) in [6.07, 6.45) is 0. The van der Waals surface area contributed by atoms with Crippen LogP contribution in [0.1, 0.15) is 10.7 Å². The molecular formula is C15H14ClN3O2S. The lowest BCUT2D eigenvalue weighted by Crippen LogP contribution is -2.26. The number of hydrogen-bond donors (Lipinski definition) is 2. The highest BCUT2D eigenvalue weighted by Gasteiger charge is 2.32. The summed E-state index contributed by atoms with van der Waals surface area (Å²) in [5, 5.41) is 21.8. The van der Waals surface area contributed by atoms with Gasteiger partial charge >= 0.3 is 0 Å². The van der Waals surface area contributed by atoms with E-state index in [1.807, 2.05) is 12.3 Å². The van der Waals surface area contributed by atoms with Gasteiger partial charge in [0.15, 0.2) is 0 Å². The number of nitrogens with one attached hydrogen (secondary N) is 1. The van der Waals surface area contributed by atoms with Gasteiger partial charge in [0, 0.05) is 16.1 Å². The number of thiazole rings is 1. The fourth-order valence-corrected chi connectivity index (χ4v) is 3.38. The van der Waals surface area contributed by atoms with Crippen molar-refractivity contribution < 1.29 is 9.84 Å². The van der Waals surface area contributed by atoms with E-state index in [-0.39, 0.29) is 18.1 Å². The third kappa shape index (κ3) is 2.44. The van der Waals surface area contributed by atoms with Crippen molar-refractivity contribution in [2.45, 2.75) is 6.92 Å². The van der Waals surface area contributed by atoms with Crippen LogP contribution in [-0.2, 0) is 0 Å². The number of hydrogen-bond acceptors (Lipinski definition) is 5. The maximum Gasteiger partial charge on any atom is 0.142 e. The van der Waals surface area contributed by atoms with Gasteiger partial charge in [-0.2, -0.15) is 0 Å². The number of methoxy groups -OCH3 is 1. The number of aromatic nitrogens is 1. The molecule has 0 spiro atoms. The number of aliphatic hydroxyl groups excluding tert-OH is 1. The molecule has 2 aromatic rings. The third-order valence-corrected chi connectivity index (χ3v) is 4.58. The van der Waals surface area contributed by atoms with Gasteiger partial charge in [0.1, 0.15) is 22.4 Å². The number of anilines is 1.